The summed E-state index contributed by atoms with van der Waals surface area (Å²) >= 11 is 4.08. The smallest absolute Gasteiger partial charge is 0.326 e. The summed E-state index contributed by atoms with van der Waals surface area (Å²) in [7, 11) is 0. The van der Waals surface area contributed by atoms with Crippen LogP contribution in [0.2, 0.25) is 0 Å². The molecular weight excluding hydrogens is 438 g/mol. The van der Waals surface area contributed by atoms with Crippen LogP contribution in [0.1, 0.15) is 53.4 Å². The normalized spacial score (nSPS) is 16.6. The molecule has 0 saturated carbocycles. The summed E-state index contributed by atoms with van der Waals surface area (Å²) < 4.78 is 0. The molecule has 8 N–H and O–H groups in total. The fourth-order valence-corrected chi connectivity index (χ4v) is 3.04. The second-order valence-corrected chi connectivity index (χ2v) is 8.30. The lowest BCUT2D eigenvalue weighted by Crippen LogP contribution is -2.59. The van der Waals surface area contributed by atoms with Crippen LogP contribution in [-0.4, -0.2) is 64.6 Å². The van der Waals surface area contributed by atoms with Gasteiger partial charge >= 0.3 is 5.97 Å². The van der Waals surface area contributed by atoms with Crippen LogP contribution in [0, 0.1) is 11.8 Å². The van der Waals surface area contributed by atoms with E-state index in [1.54, 1.807) is 13.8 Å². The summed E-state index contributed by atoms with van der Waals surface area (Å²) in [4.78, 5) is 60.2. The number of carbonyl (C=O) groups excluding carboxylic acids is 4. The molecule has 0 aliphatic heterocycles. The lowest BCUT2D eigenvalue weighted by molar-refractivity contribution is -0.144. The van der Waals surface area contributed by atoms with E-state index in [4.69, 9.17) is 11.5 Å². The molecule has 0 heterocycles. The number of hydrogen-bond acceptors (Lipinski definition) is 7. The Morgan fingerprint density at radius 2 is 1.38 bits per heavy atom. The number of thiol groups is 1. The van der Waals surface area contributed by atoms with E-state index < -0.39 is 53.8 Å². The molecular formula is C20H37N5O6S. The molecule has 184 valence electrons. The number of carbonyl (C=O) groups is 5. The maximum absolute atomic E-state index is 12.8. The van der Waals surface area contributed by atoms with Crippen molar-refractivity contribution in [2.75, 3.05) is 5.75 Å². The van der Waals surface area contributed by atoms with Gasteiger partial charge < -0.3 is 32.5 Å². The molecule has 6 unspecified atom stereocenters. The minimum absolute atomic E-state index is 0.0200. The van der Waals surface area contributed by atoms with Crippen LogP contribution in [-0.2, 0) is 24.0 Å². The summed E-state index contributed by atoms with van der Waals surface area (Å²) in [5, 5.41) is 17.0. The van der Waals surface area contributed by atoms with Gasteiger partial charge in [-0.25, -0.2) is 4.79 Å². The Hall–Kier alpha value is -2.34. The minimum Gasteiger partial charge on any atom is -0.480 e. The first-order valence-electron chi connectivity index (χ1n) is 10.7. The van der Waals surface area contributed by atoms with E-state index in [-0.39, 0.29) is 30.4 Å². The topological polar surface area (TPSA) is 194 Å². The van der Waals surface area contributed by atoms with Gasteiger partial charge in [0.05, 0.1) is 6.04 Å². The molecule has 0 radical (unpaired) electrons. The third kappa shape index (κ3) is 9.86. The molecule has 0 saturated heterocycles. The number of nitrogens with one attached hydrogen (secondary N) is 3. The van der Waals surface area contributed by atoms with Crippen molar-refractivity contribution in [3.05, 3.63) is 0 Å². The summed E-state index contributed by atoms with van der Waals surface area (Å²) in [5.41, 5.74) is 10.8. The van der Waals surface area contributed by atoms with Gasteiger partial charge in [0.25, 0.3) is 0 Å². The lowest BCUT2D eigenvalue weighted by Gasteiger charge is -2.29. The molecule has 0 aromatic carbocycles. The van der Waals surface area contributed by atoms with Gasteiger partial charge in [-0.1, -0.05) is 40.5 Å². The van der Waals surface area contributed by atoms with Crippen LogP contribution in [0.25, 0.3) is 0 Å². The van der Waals surface area contributed by atoms with E-state index in [2.05, 4.69) is 28.6 Å². The summed E-state index contributed by atoms with van der Waals surface area (Å²) in [5.74, 6) is -4.39. The first kappa shape index (κ1) is 29.7. The molecule has 0 bridgehead atoms. The van der Waals surface area contributed by atoms with Crippen LogP contribution in [0.4, 0.5) is 0 Å². The SMILES string of the molecule is CCC(C)C(NC(=O)C(NC(=O)C(CS)NC(=O)C(N)CCC(N)=O)C(C)CC)C(=O)O. The molecule has 6 atom stereocenters. The second-order valence-electron chi connectivity index (χ2n) is 7.94. The number of carboxylic acid groups (broad SMARTS) is 1. The van der Waals surface area contributed by atoms with Gasteiger partial charge in [0, 0.05) is 12.2 Å². The maximum atomic E-state index is 12.8. The third-order valence-corrected chi connectivity index (χ3v) is 5.79. The number of amides is 4. The Bertz CT molecular complexity index is 677. The number of hydrogen-bond donors (Lipinski definition) is 7. The van der Waals surface area contributed by atoms with E-state index >= 15 is 0 Å². The van der Waals surface area contributed by atoms with Crippen LogP contribution in [0.15, 0.2) is 0 Å². The molecule has 0 aliphatic carbocycles. The molecule has 0 aromatic heterocycles. The standard InChI is InChI=1S/C20H37N5O6S/c1-5-10(3)15(19(29)25-16(20(30)31)11(4)6-2)24-18(28)13(9-32)23-17(27)12(21)7-8-14(22)26/h10-13,15-16,32H,5-9,21H2,1-4H3,(H2,22,26)(H,23,27)(H,24,28)(H,25,29)(H,30,31). The Morgan fingerprint density at radius 1 is 0.875 bits per heavy atom. The highest BCUT2D eigenvalue weighted by molar-refractivity contribution is 7.80. The summed E-state index contributed by atoms with van der Waals surface area (Å²) in [6, 6.07) is -4.24. The van der Waals surface area contributed by atoms with Crippen LogP contribution in [0.5, 0.6) is 0 Å². The highest BCUT2D eigenvalue weighted by Crippen LogP contribution is 2.12. The first-order valence-corrected chi connectivity index (χ1v) is 11.3. The van der Waals surface area contributed by atoms with E-state index in [0.717, 1.165) is 0 Å². The van der Waals surface area contributed by atoms with Crippen LogP contribution in [0.3, 0.4) is 0 Å². The predicted octanol–water partition coefficient (Wildman–Crippen LogP) is -0.860. The molecule has 32 heavy (non-hydrogen) atoms. The van der Waals surface area contributed by atoms with Crippen molar-refractivity contribution in [2.24, 2.45) is 23.3 Å². The molecule has 0 fully saturated rings. The molecule has 4 amide bonds. The van der Waals surface area contributed by atoms with Crippen molar-refractivity contribution in [1.29, 1.82) is 0 Å². The van der Waals surface area contributed by atoms with Crippen molar-refractivity contribution in [2.45, 2.75) is 77.5 Å². The van der Waals surface area contributed by atoms with Gasteiger partial charge in [0.2, 0.25) is 23.6 Å². The molecule has 11 nitrogen and oxygen atoms in total. The number of primary amides is 1. The maximum Gasteiger partial charge on any atom is 0.326 e. The van der Waals surface area contributed by atoms with Gasteiger partial charge in [-0.2, -0.15) is 12.6 Å². The fraction of sp³-hybridized carbons (Fsp3) is 0.750. The zero-order valence-corrected chi connectivity index (χ0v) is 20.0. The van der Waals surface area contributed by atoms with Crippen molar-refractivity contribution in [1.82, 2.24) is 16.0 Å². The van der Waals surface area contributed by atoms with Crippen molar-refractivity contribution >= 4 is 42.2 Å². The van der Waals surface area contributed by atoms with Gasteiger partial charge in [-0.15, -0.1) is 0 Å². The quantitative estimate of drug-likeness (QED) is 0.150. The first-order chi connectivity index (χ1) is 14.9. The van der Waals surface area contributed by atoms with Crippen LogP contribution >= 0.6 is 12.6 Å². The average molecular weight is 476 g/mol. The van der Waals surface area contributed by atoms with Crippen molar-refractivity contribution < 1.29 is 29.1 Å². The second kappa shape index (κ2) is 14.7. The molecule has 0 spiro atoms. The average Bonchev–Trinajstić information content (AvgIpc) is 2.75. The van der Waals surface area contributed by atoms with Gasteiger partial charge in [0.15, 0.2) is 0 Å². The van der Waals surface area contributed by atoms with E-state index in [0.29, 0.717) is 12.8 Å². The van der Waals surface area contributed by atoms with Gasteiger partial charge in [-0.05, 0) is 18.3 Å². The number of nitrogens with two attached hydrogens (primary N) is 2. The Balaban J connectivity index is 5.32. The van der Waals surface area contributed by atoms with E-state index in [9.17, 15) is 29.1 Å². The molecule has 0 rings (SSSR count). The Kier molecular flexibility index (Phi) is 13.6. The van der Waals surface area contributed by atoms with Gasteiger partial charge in [0.1, 0.15) is 18.1 Å². The van der Waals surface area contributed by atoms with Crippen molar-refractivity contribution in [3.63, 3.8) is 0 Å². The number of rotatable bonds is 15. The van der Waals surface area contributed by atoms with Crippen LogP contribution < -0.4 is 27.4 Å². The Labute approximate surface area is 194 Å². The third-order valence-electron chi connectivity index (χ3n) is 5.42. The summed E-state index contributed by atoms with van der Waals surface area (Å²) in [6.45, 7) is 7.10. The van der Waals surface area contributed by atoms with Crippen molar-refractivity contribution in [3.8, 4) is 0 Å². The molecule has 12 heteroatoms. The van der Waals surface area contributed by atoms with Gasteiger partial charge in [-0.3, -0.25) is 19.2 Å². The predicted molar refractivity (Wildman–Crippen MR) is 123 cm³/mol. The number of carboxylic acids is 1. The van der Waals surface area contributed by atoms with E-state index in [1.807, 2.05) is 13.8 Å². The zero-order chi connectivity index (χ0) is 25.0. The largest absolute Gasteiger partial charge is 0.480 e. The summed E-state index contributed by atoms with van der Waals surface area (Å²) in [6.07, 6.45) is 1.02. The minimum atomic E-state index is -1.16. The Morgan fingerprint density at radius 3 is 1.81 bits per heavy atom. The fourth-order valence-electron chi connectivity index (χ4n) is 2.78. The lowest BCUT2D eigenvalue weighted by atomic mass is 9.95. The monoisotopic (exact) mass is 475 g/mol. The molecule has 0 aliphatic rings. The molecule has 0 aromatic rings. The zero-order valence-electron chi connectivity index (χ0n) is 19.1. The highest BCUT2D eigenvalue weighted by Gasteiger charge is 2.33. The highest BCUT2D eigenvalue weighted by atomic mass is 32.1. The number of aliphatic carboxylic acids is 1. The van der Waals surface area contributed by atoms with E-state index in [1.165, 1.54) is 0 Å².